The second-order valence-corrected chi connectivity index (χ2v) is 6.39. The molecule has 0 spiro atoms. The summed E-state index contributed by atoms with van der Waals surface area (Å²) in [7, 11) is 0. The first kappa shape index (κ1) is 17.2. The predicted octanol–water partition coefficient (Wildman–Crippen LogP) is 2.15. The minimum Gasteiger partial charge on any atom is -0.484 e. The van der Waals surface area contributed by atoms with Gasteiger partial charge in [0.15, 0.2) is 6.61 Å². The highest BCUT2D eigenvalue weighted by Gasteiger charge is 2.34. The zero-order valence-electron chi connectivity index (χ0n) is 13.7. The molecule has 0 saturated carbocycles. The summed E-state index contributed by atoms with van der Waals surface area (Å²) in [5.41, 5.74) is 0. The van der Waals surface area contributed by atoms with Crippen molar-refractivity contribution in [2.75, 3.05) is 33.0 Å². The molecule has 6 heteroatoms. The lowest BCUT2D eigenvalue weighted by atomic mass is 9.79. The predicted molar refractivity (Wildman–Crippen MR) is 86.3 cm³/mol. The Bertz CT molecular complexity index is 530. The third-order valence-corrected chi connectivity index (χ3v) is 4.80. The molecule has 2 saturated heterocycles. The Labute approximate surface area is 141 Å². The van der Waals surface area contributed by atoms with Gasteiger partial charge in [0.25, 0.3) is 5.91 Å². The quantitative estimate of drug-likeness (QED) is 0.894. The molecule has 1 aromatic carbocycles. The first-order chi connectivity index (χ1) is 11.7. The molecule has 2 aliphatic rings. The van der Waals surface area contributed by atoms with Crippen molar-refractivity contribution in [2.45, 2.75) is 25.3 Å². The smallest absolute Gasteiger partial charge is 0.258 e. The van der Waals surface area contributed by atoms with Crippen LogP contribution in [0.5, 0.6) is 5.75 Å². The maximum Gasteiger partial charge on any atom is 0.258 e. The lowest BCUT2D eigenvalue weighted by Gasteiger charge is -2.39. The Morgan fingerprint density at radius 1 is 1.12 bits per heavy atom. The van der Waals surface area contributed by atoms with E-state index in [1.54, 1.807) is 0 Å². The Morgan fingerprint density at radius 2 is 1.83 bits per heavy atom. The zero-order valence-corrected chi connectivity index (χ0v) is 13.7. The zero-order chi connectivity index (χ0) is 16.8. The number of ether oxygens (including phenoxy) is 3. The molecule has 24 heavy (non-hydrogen) atoms. The van der Waals surface area contributed by atoms with Crippen LogP contribution in [0.4, 0.5) is 4.39 Å². The Kier molecular flexibility index (Phi) is 6.04. The number of nitrogens with one attached hydrogen (secondary N) is 1. The van der Waals surface area contributed by atoms with E-state index in [4.69, 9.17) is 14.2 Å². The first-order valence-corrected chi connectivity index (χ1v) is 8.55. The molecule has 0 aliphatic carbocycles. The minimum absolute atomic E-state index is 0.0660. The molecular formula is C18H24FNO4. The van der Waals surface area contributed by atoms with Gasteiger partial charge < -0.3 is 19.5 Å². The van der Waals surface area contributed by atoms with E-state index in [1.807, 2.05) is 0 Å². The normalized spacial score (nSPS) is 25.2. The number of hydrogen-bond acceptors (Lipinski definition) is 4. The van der Waals surface area contributed by atoms with Crippen molar-refractivity contribution < 1.29 is 23.4 Å². The summed E-state index contributed by atoms with van der Waals surface area (Å²) in [5.74, 6) is 0.871. The second kappa shape index (κ2) is 8.44. The van der Waals surface area contributed by atoms with Gasteiger partial charge in [-0.15, -0.1) is 0 Å². The van der Waals surface area contributed by atoms with E-state index in [2.05, 4.69) is 5.32 Å². The molecule has 0 radical (unpaired) electrons. The van der Waals surface area contributed by atoms with Crippen molar-refractivity contribution in [3.05, 3.63) is 30.1 Å². The fourth-order valence-corrected chi connectivity index (χ4v) is 3.48. The number of benzene rings is 1. The van der Waals surface area contributed by atoms with Crippen LogP contribution in [0.15, 0.2) is 24.3 Å². The van der Waals surface area contributed by atoms with Crippen LogP contribution in [0.3, 0.4) is 0 Å². The topological polar surface area (TPSA) is 56.8 Å². The first-order valence-electron chi connectivity index (χ1n) is 8.55. The molecule has 1 N–H and O–H groups in total. The highest BCUT2D eigenvalue weighted by atomic mass is 19.1. The molecule has 3 rings (SSSR count). The summed E-state index contributed by atoms with van der Waals surface area (Å²) in [5, 5.41) is 3.09. The van der Waals surface area contributed by atoms with Gasteiger partial charge in [-0.3, -0.25) is 4.79 Å². The number of carbonyl (C=O) groups excluding carboxylic acids is 1. The van der Waals surface area contributed by atoms with Crippen LogP contribution >= 0.6 is 0 Å². The molecular weight excluding hydrogens is 313 g/mol. The molecule has 1 amide bonds. The van der Waals surface area contributed by atoms with E-state index in [-0.39, 0.29) is 24.4 Å². The standard InChI is InChI=1S/C18H24FNO4/c19-14-1-3-15(4-2-14)24-12-18(21)20-17-7-10-23-11-16(17)13-5-8-22-9-6-13/h1-4,13,16-17H,5-12H2,(H,20,21)/t16-,17-/m0/s1. The van der Waals surface area contributed by atoms with Gasteiger partial charge in [-0.2, -0.15) is 0 Å². The van der Waals surface area contributed by atoms with Crippen molar-refractivity contribution in [2.24, 2.45) is 11.8 Å². The number of carbonyl (C=O) groups is 1. The highest BCUT2D eigenvalue weighted by Crippen LogP contribution is 2.30. The summed E-state index contributed by atoms with van der Waals surface area (Å²) in [6.45, 7) is 2.87. The van der Waals surface area contributed by atoms with Crippen molar-refractivity contribution in [3.63, 3.8) is 0 Å². The minimum atomic E-state index is -0.326. The van der Waals surface area contributed by atoms with Crippen LogP contribution in [-0.2, 0) is 14.3 Å². The maximum absolute atomic E-state index is 12.9. The number of amides is 1. The molecule has 1 aromatic rings. The summed E-state index contributed by atoms with van der Waals surface area (Å²) < 4.78 is 29.3. The Morgan fingerprint density at radius 3 is 2.58 bits per heavy atom. The molecule has 2 aliphatic heterocycles. The summed E-state index contributed by atoms with van der Waals surface area (Å²) in [4.78, 5) is 12.2. The molecule has 5 nitrogen and oxygen atoms in total. The molecule has 2 heterocycles. The van der Waals surface area contributed by atoms with Crippen LogP contribution < -0.4 is 10.1 Å². The molecule has 2 atom stereocenters. The van der Waals surface area contributed by atoms with Gasteiger partial charge in [0.05, 0.1) is 6.61 Å². The van der Waals surface area contributed by atoms with Crippen LogP contribution in [0.25, 0.3) is 0 Å². The summed E-state index contributed by atoms with van der Waals surface area (Å²) in [6, 6.07) is 5.77. The third-order valence-electron chi connectivity index (χ3n) is 4.80. The van der Waals surface area contributed by atoms with Crippen molar-refractivity contribution in [1.29, 1.82) is 0 Å². The van der Waals surface area contributed by atoms with E-state index in [9.17, 15) is 9.18 Å². The highest BCUT2D eigenvalue weighted by molar-refractivity contribution is 5.77. The lowest BCUT2D eigenvalue weighted by Crippen LogP contribution is -2.50. The maximum atomic E-state index is 12.9. The van der Waals surface area contributed by atoms with Crippen LogP contribution in [0, 0.1) is 17.7 Å². The van der Waals surface area contributed by atoms with Gasteiger partial charge in [0.1, 0.15) is 11.6 Å². The van der Waals surface area contributed by atoms with Crippen molar-refractivity contribution in [1.82, 2.24) is 5.32 Å². The average molecular weight is 337 g/mol. The second-order valence-electron chi connectivity index (χ2n) is 6.39. The molecule has 0 aromatic heterocycles. The monoisotopic (exact) mass is 337 g/mol. The SMILES string of the molecule is O=C(COc1ccc(F)cc1)N[C@H]1CCOC[C@H]1C1CCOCC1. The number of hydrogen-bond donors (Lipinski definition) is 1. The lowest BCUT2D eigenvalue weighted by molar-refractivity contribution is -0.125. The third kappa shape index (κ3) is 4.68. The van der Waals surface area contributed by atoms with Crippen molar-refractivity contribution in [3.8, 4) is 5.75 Å². The number of rotatable bonds is 5. The molecule has 132 valence electrons. The fourth-order valence-electron chi connectivity index (χ4n) is 3.48. The van der Waals surface area contributed by atoms with Gasteiger partial charge in [-0.05, 0) is 49.4 Å². The van der Waals surface area contributed by atoms with E-state index in [1.165, 1.54) is 24.3 Å². The van der Waals surface area contributed by atoms with Gasteiger partial charge in [-0.1, -0.05) is 0 Å². The molecule has 0 bridgehead atoms. The summed E-state index contributed by atoms with van der Waals surface area (Å²) >= 11 is 0. The van der Waals surface area contributed by atoms with Crippen LogP contribution in [-0.4, -0.2) is 45.0 Å². The number of halogens is 1. The Balaban J connectivity index is 1.50. The van der Waals surface area contributed by atoms with Gasteiger partial charge in [-0.25, -0.2) is 4.39 Å². The fraction of sp³-hybridized carbons (Fsp3) is 0.611. The van der Waals surface area contributed by atoms with E-state index in [0.29, 0.717) is 30.8 Å². The van der Waals surface area contributed by atoms with E-state index in [0.717, 1.165) is 32.5 Å². The van der Waals surface area contributed by atoms with E-state index >= 15 is 0 Å². The van der Waals surface area contributed by atoms with Gasteiger partial charge in [0, 0.05) is 31.8 Å². The summed E-state index contributed by atoms with van der Waals surface area (Å²) in [6.07, 6.45) is 2.86. The largest absolute Gasteiger partial charge is 0.484 e. The van der Waals surface area contributed by atoms with Crippen molar-refractivity contribution >= 4 is 5.91 Å². The Hall–Kier alpha value is -1.66. The van der Waals surface area contributed by atoms with Crippen LogP contribution in [0.2, 0.25) is 0 Å². The van der Waals surface area contributed by atoms with Gasteiger partial charge in [0.2, 0.25) is 0 Å². The molecule has 2 fully saturated rings. The average Bonchev–Trinajstić information content (AvgIpc) is 2.62. The van der Waals surface area contributed by atoms with Gasteiger partial charge >= 0.3 is 0 Å². The van der Waals surface area contributed by atoms with Crippen LogP contribution in [0.1, 0.15) is 19.3 Å². The van der Waals surface area contributed by atoms with E-state index < -0.39 is 0 Å². The molecule has 0 unspecified atom stereocenters.